The van der Waals surface area contributed by atoms with E-state index < -0.39 is 5.97 Å². The van der Waals surface area contributed by atoms with E-state index in [9.17, 15) is 9.59 Å². The van der Waals surface area contributed by atoms with Crippen molar-refractivity contribution in [3.05, 3.63) is 23.8 Å². The Balaban J connectivity index is 2.94. The molecule has 0 heterocycles. The molecule has 1 aromatic rings. The number of carbonyl (C=O) groups is 2. The van der Waals surface area contributed by atoms with E-state index in [1.165, 1.54) is 19.1 Å². The summed E-state index contributed by atoms with van der Waals surface area (Å²) >= 11 is 0. The molecule has 0 fully saturated rings. The minimum absolute atomic E-state index is 0.105. The van der Waals surface area contributed by atoms with Gasteiger partial charge in [-0.25, -0.2) is 0 Å². The van der Waals surface area contributed by atoms with Crippen LogP contribution in [0.5, 0.6) is 11.5 Å². The van der Waals surface area contributed by atoms with Gasteiger partial charge in [-0.05, 0) is 32.0 Å². The van der Waals surface area contributed by atoms with Crippen LogP contribution < -0.4 is 9.47 Å². The van der Waals surface area contributed by atoms with Crippen molar-refractivity contribution in [2.24, 2.45) is 0 Å². The molecule has 6 heteroatoms. The summed E-state index contributed by atoms with van der Waals surface area (Å²) in [5.74, 6) is 0.342. The molecule has 0 aromatic heterocycles. The molecular weight excluding hydrogens is 274 g/mol. The fraction of sp³-hybridized carbons (Fsp3) is 0.467. The van der Waals surface area contributed by atoms with Crippen molar-refractivity contribution in [1.29, 1.82) is 0 Å². The number of hydrogen-bond donors (Lipinski definition) is 0. The van der Waals surface area contributed by atoms with E-state index in [0.717, 1.165) is 0 Å². The molecule has 0 aliphatic heterocycles. The molecule has 0 radical (unpaired) electrons. The Hall–Kier alpha value is -2.24. The fourth-order valence-electron chi connectivity index (χ4n) is 1.73. The standard InChI is InChI=1S/C15H21NO5/c1-5-20-12-8-7-11(9-13(12)21-6-2)15(18)16(3)10-14(17)19-4/h7-9H,5-6,10H2,1-4H3. The van der Waals surface area contributed by atoms with Gasteiger partial charge in [0.05, 0.1) is 20.3 Å². The van der Waals surface area contributed by atoms with Crippen LogP contribution in [0.2, 0.25) is 0 Å². The first-order valence-electron chi connectivity index (χ1n) is 6.75. The van der Waals surface area contributed by atoms with Crippen LogP contribution in [-0.4, -0.2) is 50.7 Å². The van der Waals surface area contributed by atoms with Crippen LogP contribution in [0.3, 0.4) is 0 Å². The van der Waals surface area contributed by atoms with Crippen molar-refractivity contribution in [3.8, 4) is 11.5 Å². The average Bonchev–Trinajstić information content (AvgIpc) is 2.48. The Labute approximate surface area is 124 Å². The molecule has 0 saturated heterocycles. The number of hydrogen-bond acceptors (Lipinski definition) is 5. The highest BCUT2D eigenvalue weighted by Crippen LogP contribution is 2.28. The summed E-state index contributed by atoms with van der Waals surface area (Å²) < 4.78 is 15.5. The van der Waals surface area contributed by atoms with E-state index in [-0.39, 0.29) is 12.5 Å². The number of likely N-dealkylation sites (N-methyl/N-ethyl adjacent to an activating group) is 1. The first-order valence-corrected chi connectivity index (χ1v) is 6.75. The molecule has 0 aliphatic carbocycles. The number of methoxy groups -OCH3 is 1. The number of benzene rings is 1. The van der Waals surface area contributed by atoms with Gasteiger partial charge < -0.3 is 19.1 Å². The molecule has 21 heavy (non-hydrogen) atoms. The first-order chi connectivity index (χ1) is 10.0. The van der Waals surface area contributed by atoms with Crippen molar-refractivity contribution < 1.29 is 23.8 Å². The largest absolute Gasteiger partial charge is 0.490 e. The fourth-order valence-corrected chi connectivity index (χ4v) is 1.73. The van der Waals surface area contributed by atoms with Crippen molar-refractivity contribution in [1.82, 2.24) is 4.90 Å². The number of nitrogens with zero attached hydrogens (tertiary/aromatic N) is 1. The van der Waals surface area contributed by atoms with Crippen LogP contribution >= 0.6 is 0 Å². The topological polar surface area (TPSA) is 65.1 Å². The number of esters is 1. The predicted molar refractivity (Wildman–Crippen MR) is 77.8 cm³/mol. The van der Waals surface area contributed by atoms with Gasteiger partial charge in [0.25, 0.3) is 5.91 Å². The molecule has 0 bridgehead atoms. The third-order valence-electron chi connectivity index (χ3n) is 2.73. The van der Waals surface area contributed by atoms with E-state index in [4.69, 9.17) is 9.47 Å². The van der Waals surface area contributed by atoms with Gasteiger partial charge in [0, 0.05) is 12.6 Å². The van der Waals surface area contributed by atoms with Crippen LogP contribution in [0.1, 0.15) is 24.2 Å². The maximum absolute atomic E-state index is 12.2. The van der Waals surface area contributed by atoms with Gasteiger partial charge in [-0.3, -0.25) is 9.59 Å². The number of ether oxygens (including phenoxy) is 3. The van der Waals surface area contributed by atoms with Gasteiger partial charge in [0.1, 0.15) is 6.54 Å². The predicted octanol–water partition coefficient (Wildman–Crippen LogP) is 1.73. The molecule has 116 valence electrons. The van der Waals surface area contributed by atoms with Crippen LogP contribution in [-0.2, 0) is 9.53 Å². The molecule has 0 N–H and O–H groups in total. The smallest absolute Gasteiger partial charge is 0.325 e. The minimum Gasteiger partial charge on any atom is -0.490 e. The lowest BCUT2D eigenvalue weighted by molar-refractivity contribution is -0.141. The minimum atomic E-state index is -0.471. The SMILES string of the molecule is CCOc1ccc(C(=O)N(C)CC(=O)OC)cc1OCC. The van der Waals surface area contributed by atoms with Crippen molar-refractivity contribution in [2.45, 2.75) is 13.8 Å². The Kier molecular flexibility index (Phi) is 6.52. The summed E-state index contributed by atoms with van der Waals surface area (Å²) in [6.45, 7) is 4.60. The molecule has 0 saturated carbocycles. The number of amides is 1. The Morgan fingerprint density at radius 2 is 1.71 bits per heavy atom. The zero-order chi connectivity index (χ0) is 15.8. The van der Waals surface area contributed by atoms with Crippen LogP contribution in [0.4, 0.5) is 0 Å². The highest BCUT2D eigenvalue weighted by atomic mass is 16.5. The molecule has 6 nitrogen and oxygen atoms in total. The molecule has 1 amide bonds. The monoisotopic (exact) mass is 295 g/mol. The van der Waals surface area contributed by atoms with Gasteiger partial charge in [-0.1, -0.05) is 0 Å². The third kappa shape index (κ3) is 4.66. The molecule has 1 aromatic carbocycles. The first kappa shape index (κ1) is 16.8. The van der Waals surface area contributed by atoms with Gasteiger partial charge in [0.15, 0.2) is 11.5 Å². The Morgan fingerprint density at radius 1 is 1.10 bits per heavy atom. The Bertz CT molecular complexity index is 501. The highest BCUT2D eigenvalue weighted by Gasteiger charge is 2.17. The van der Waals surface area contributed by atoms with E-state index in [1.807, 2.05) is 13.8 Å². The summed E-state index contributed by atoms with van der Waals surface area (Å²) in [5.41, 5.74) is 0.424. The number of carbonyl (C=O) groups excluding carboxylic acids is 2. The summed E-state index contributed by atoms with van der Waals surface area (Å²) in [6, 6.07) is 4.95. The van der Waals surface area contributed by atoms with E-state index in [2.05, 4.69) is 4.74 Å². The molecule has 0 aliphatic rings. The average molecular weight is 295 g/mol. The van der Waals surface area contributed by atoms with E-state index >= 15 is 0 Å². The van der Waals surface area contributed by atoms with Gasteiger partial charge >= 0.3 is 5.97 Å². The molecular formula is C15H21NO5. The van der Waals surface area contributed by atoms with Crippen LogP contribution in [0.25, 0.3) is 0 Å². The second-order valence-electron chi connectivity index (χ2n) is 4.26. The quantitative estimate of drug-likeness (QED) is 0.717. The second-order valence-corrected chi connectivity index (χ2v) is 4.26. The third-order valence-corrected chi connectivity index (χ3v) is 2.73. The second kappa shape index (κ2) is 8.14. The molecule has 0 atom stereocenters. The maximum atomic E-state index is 12.2. The van der Waals surface area contributed by atoms with Crippen molar-refractivity contribution in [3.63, 3.8) is 0 Å². The van der Waals surface area contributed by atoms with E-state index in [0.29, 0.717) is 30.3 Å². The highest BCUT2D eigenvalue weighted by molar-refractivity contribution is 5.96. The lowest BCUT2D eigenvalue weighted by Gasteiger charge is -2.17. The van der Waals surface area contributed by atoms with Crippen LogP contribution in [0.15, 0.2) is 18.2 Å². The summed E-state index contributed by atoms with van der Waals surface area (Å²) in [5, 5.41) is 0. The lowest BCUT2D eigenvalue weighted by atomic mass is 10.1. The Morgan fingerprint density at radius 3 is 2.29 bits per heavy atom. The number of rotatable bonds is 7. The zero-order valence-electron chi connectivity index (χ0n) is 12.8. The van der Waals surface area contributed by atoms with Crippen molar-refractivity contribution >= 4 is 11.9 Å². The van der Waals surface area contributed by atoms with Gasteiger partial charge in [-0.15, -0.1) is 0 Å². The van der Waals surface area contributed by atoms with Crippen molar-refractivity contribution in [2.75, 3.05) is 33.9 Å². The lowest BCUT2D eigenvalue weighted by Crippen LogP contribution is -2.32. The summed E-state index contributed by atoms with van der Waals surface area (Å²) in [4.78, 5) is 24.7. The normalized spacial score (nSPS) is 9.90. The zero-order valence-corrected chi connectivity index (χ0v) is 12.8. The molecule has 0 spiro atoms. The van der Waals surface area contributed by atoms with Gasteiger partial charge in [-0.2, -0.15) is 0 Å². The van der Waals surface area contributed by atoms with Crippen LogP contribution in [0, 0.1) is 0 Å². The molecule has 0 unspecified atom stereocenters. The summed E-state index contributed by atoms with van der Waals surface area (Å²) in [7, 11) is 2.82. The van der Waals surface area contributed by atoms with Gasteiger partial charge in [0.2, 0.25) is 0 Å². The summed E-state index contributed by atoms with van der Waals surface area (Å²) in [6.07, 6.45) is 0. The maximum Gasteiger partial charge on any atom is 0.325 e. The molecule has 1 rings (SSSR count). The van der Waals surface area contributed by atoms with E-state index in [1.54, 1.807) is 18.2 Å².